The highest BCUT2D eigenvalue weighted by Crippen LogP contribution is 2.40. The monoisotopic (exact) mass is 600 g/mol. The van der Waals surface area contributed by atoms with Gasteiger partial charge >= 0.3 is 6.09 Å². The Morgan fingerprint density at radius 3 is 2.64 bits per heavy atom. The molecule has 3 heterocycles. The number of hydrogen-bond acceptors (Lipinski definition) is 6. The Labute approximate surface area is 237 Å². The van der Waals surface area contributed by atoms with Gasteiger partial charge in [0.2, 0.25) is 0 Å². The van der Waals surface area contributed by atoms with Crippen molar-refractivity contribution in [3.8, 4) is 0 Å². The second-order valence-corrected chi connectivity index (χ2v) is 12.9. The molecule has 3 aromatic rings. The van der Waals surface area contributed by atoms with Crippen molar-refractivity contribution in [2.24, 2.45) is 11.8 Å². The molecular weight excluding hydrogens is 563 g/mol. The molecule has 0 spiro atoms. The van der Waals surface area contributed by atoms with Crippen molar-refractivity contribution in [2.45, 2.75) is 58.1 Å². The van der Waals surface area contributed by atoms with E-state index in [-0.39, 0.29) is 11.9 Å². The Kier molecular flexibility index (Phi) is 8.14. The number of carbonyl (C=O) groups excluding carboxylic acids is 1. The van der Waals surface area contributed by atoms with Crippen LogP contribution in [0.2, 0.25) is 0 Å². The molecule has 2 atom stereocenters. The van der Waals surface area contributed by atoms with Crippen LogP contribution in [0.1, 0.15) is 51.6 Å². The number of halogens is 2. The van der Waals surface area contributed by atoms with Crippen LogP contribution < -0.4 is 5.73 Å². The molecule has 1 saturated heterocycles. The van der Waals surface area contributed by atoms with Crippen LogP contribution in [0.4, 0.5) is 15.0 Å². The number of nitrogen functional groups attached to an aromatic ring is 1. The van der Waals surface area contributed by atoms with Gasteiger partial charge in [0.25, 0.3) is 0 Å². The molecule has 8 nitrogen and oxygen atoms in total. The summed E-state index contributed by atoms with van der Waals surface area (Å²) in [5.74, 6) is 1.31. The number of likely N-dealkylation sites (tertiary alicyclic amines) is 1. The number of fused-ring (bicyclic) bond motifs is 1. The molecule has 2 aromatic heterocycles. The third-order valence-electron chi connectivity index (χ3n) is 7.76. The fourth-order valence-corrected chi connectivity index (χ4v) is 6.53. The average Bonchev–Trinajstić information content (AvgIpc) is 3.44. The summed E-state index contributed by atoms with van der Waals surface area (Å²) < 4.78 is 22.2. The molecule has 1 amide bonds. The molecule has 10 heteroatoms. The van der Waals surface area contributed by atoms with Gasteiger partial charge in [-0.3, -0.25) is 0 Å². The minimum Gasteiger partial charge on any atom is -0.444 e. The molecule has 1 aliphatic heterocycles. The van der Waals surface area contributed by atoms with Gasteiger partial charge in [-0.25, -0.2) is 19.2 Å². The predicted octanol–water partition coefficient (Wildman–Crippen LogP) is 5.67. The molecule has 2 N–H and O–H groups in total. The lowest BCUT2D eigenvalue weighted by molar-refractivity contribution is 0.00817. The van der Waals surface area contributed by atoms with Crippen LogP contribution in [0.3, 0.4) is 0 Å². The van der Waals surface area contributed by atoms with E-state index in [9.17, 15) is 9.18 Å². The smallest absolute Gasteiger partial charge is 0.410 e. The van der Waals surface area contributed by atoms with Crippen LogP contribution in [0, 0.1) is 17.7 Å². The number of carbonyl (C=O) groups is 1. The van der Waals surface area contributed by atoms with Crippen molar-refractivity contribution in [3.63, 3.8) is 0 Å². The van der Waals surface area contributed by atoms with E-state index >= 15 is 0 Å². The molecule has 2 aliphatic rings. The van der Waals surface area contributed by atoms with E-state index in [4.69, 9.17) is 10.5 Å². The number of benzene rings is 1. The number of rotatable bonds is 8. The van der Waals surface area contributed by atoms with Gasteiger partial charge in [-0.15, -0.1) is 0 Å². The lowest BCUT2D eigenvalue weighted by Crippen LogP contribution is -2.54. The third-order valence-corrected chi connectivity index (χ3v) is 8.36. The molecule has 2 fully saturated rings. The molecule has 5 rings (SSSR count). The van der Waals surface area contributed by atoms with E-state index in [0.717, 1.165) is 53.5 Å². The molecular formula is C29H38BrFN6O2. The fourth-order valence-electron chi connectivity index (χ4n) is 5.92. The van der Waals surface area contributed by atoms with E-state index in [1.165, 1.54) is 24.9 Å². The summed E-state index contributed by atoms with van der Waals surface area (Å²) in [4.78, 5) is 25.9. The van der Waals surface area contributed by atoms with Gasteiger partial charge in [0.05, 0.1) is 5.39 Å². The van der Waals surface area contributed by atoms with E-state index in [1.807, 2.05) is 25.7 Å². The van der Waals surface area contributed by atoms with Crippen molar-refractivity contribution < 1.29 is 13.9 Å². The Balaban J connectivity index is 1.13. The van der Waals surface area contributed by atoms with Crippen molar-refractivity contribution >= 4 is 38.9 Å². The summed E-state index contributed by atoms with van der Waals surface area (Å²) in [5.41, 5.74) is 7.45. The number of nitrogens with two attached hydrogens (primary N) is 1. The van der Waals surface area contributed by atoms with Crippen LogP contribution in [-0.2, 0) is 11.2 Å². The summed E-state index contributed by atoms with van der Waals surface area (Å²) in [6.07, 6.45) is 7.44. The average molecular weight is 602 g/mol. The second kappa shape index (κ2) is 11.4. The molecule has 2 unspecified atom stereocenters. The number of nitrogens with zero attached hydrogens (tertiary/aromatic N) is 5. The number of anilines is 1. The first kappa shape index (κ1) is 27.8. The maximum absolute atomic E-state index is 13.3. The summed E-state index contributed by atoms with van der Waals surface area (Å²) in [6, 6.07) is 6.89. The summed E-state index contributed by atoms with van der Waals surface area (Å²) in [5, 5.41) is 0.889. The topological polar surface area (TPSA) is 89.5 Å². The quantitative estimate of drug-likeness (QED) is 0.358. The lowest BCUT2D eigenvalue weighted by atomic mass is 9.96. The minimum absolute atomic E-state index is 0.251. The highest BCUT2D eigenvalue weighted by molar-refractivity contribution is 9.10. The maximum Gasteiger partial charge on any atom is 0.410 e. The number of aromatic nitrogens is 3. The van der Waals surface area contributed by atoms with Crippen LogP contribution in [0.15, 0.2) is 41.3 Å². The highest BCUT2D eigenvalue weighted by Gasteiger charge is 2.35. The van der Waals surface area contributed by atoms with Crippen LogP contribution in [0.5, 0.6) is 0 Å². The van der Waals surface area contributed by atoms with Gasteiger partial charge in [-0.2, -0.15) is 0 Å². The number of amides is 1. The first-order valence-electron chi connectivity index (χ1n) is 13.8. The Hall–Kier alpha value is -2.72. The lowest BCUT2D eigenvalue weighted by Gasteiger charge is -2.43. The van der Waals surface area contributed by atoms with Gasteiger partial charge in [-0.1, -0.05) is 12.1 Å². The molecule has 1 saturated carbocycles. The SMILES string of the molecule is CC(C)(C)OC(=O)N(CCc1ccc(F)cc1)CC1CN(CC2CCC(n3cc(Br)c4c(N)ncnc43)C2)C1. The zero-order valence-corrected chi connectivity index (χ0v) is 24.5. The largest absolute Gasteiger partial charge is 0.444 e. The maximum atomic E-state index is 13.3. The minimum atomic E-state index is -0.547. The van der Waals surface area contributed by atoms with E-state index < -0.39 is 5.60 Å². The Morgan fingerprint density at radius 2 is 1.92 bits per heavy atom. The van der Waals surface area contributed by atoms with Crippen molar-refractivity contribution in [1.29, 1.82) is 0 Å². The van der Waals surface area contributed by atoms with Gasteiger partial charge in [0.15, 0.2) is 0 Å². The fraction of sp³-hybridized carbons (Fsp3) is 0.552. The Bertz CT molecular complexity index is 1300. The summed E-state index contributed by atoms with van der Waals surface area (Å²) in [7, 11) is 0. The predicted molar refractivity (Wildman–Crippen MR) is 154 cm³/mol. The van der Waals surface area contributed by atoms with Gasteiger partial charge < -0.3 is 24.8 Å². The van der Waals surface area contributed by atoms with Gasteiger partial charge in [0, 0.05) is 55.4 Å². The standard InChI is InChI=1S/C29H38BrFN6O2/c1-29(2,3)39-28(38)36(11-10-19-4-7-22(31)8-5-19)16-21-14-35(15-21)13-20-6-9-23(12-20)37-17-24(30)25-26(32)33-18-34-27(25)37/h4-5,7-8,17-18,20-21,23H,6,9-16H2,1-3H3,(H2,32,33,34). The molecule has 39 heavy (non-hydrogen) atoms. The number of ether oxygens (including phenoxy) is 1. The van der Waals surface area contributed by atoms with Crippen LogP contribution >= 0.6 is 15.9 Å². The summed E-state index contributed by atoms with van der Waals surface area (Å²) >= 11 is 3.63. The van der Waals surface area contributed by atoms with Crippen LogP contribution in [0.25, 0.3) is 11.0 Å². The van der Waals surface area contributed by atoms with Gasteiger partial charge in [-0.05, 0) is 86.0 Å². The van der Waals surface area contributed by atoms with E-state index in [1.54, 1.807) is 12.1 Å². The van der Waals surface area contributed by atoms with Gasteiger partial charge in [0.1, 0.15) is 29.2 Å². The zero-order chi connectivity index (χ0) is 27.7. The van der Waals surface area contributed by atoms with Crippen molar-refractivity contribution in [1.82, 2.24) is 24.3 Å². The normalized spacial score (nSPS) is 20.3. The second-order valence-electron chi connectivity index (χ2n) is 12.1. The van der Waals surface area contributed by atoms with Crippen LogP contribution in [-0.4, -0.2) is 68.8 Å². The molecule has 210 valence electrons. The first-order valence-corrected chi connectivity index (χ1v) is 14.6. The van der Waals surface area contributed by atoms with E-state index in [2.05, 4.69) is 41.6 Å². The molecule has 0 radical (unpaired) electrons. The third kappa shape index (κ3) is 6.72. The van der Waals surface area contributed by atoms with Crippen molar-refractivity contribution in [3.05, 3.63) is 52.6 Å². The van der Waals surface area contributed by atoms with E-state index in [0.29, 0.717) is 43.2 Å². The highest BCUT2D eigenvalue weighted by atomic mass is 79.9. The number of hydrogen-bond donors (Lipinski definition) is 1. The zero-order valence-electron chi connectivity index (χ0n) is 22.9. The first-order chi connectivity index (χ1) is 18.6. The van der Waals surface area contributed by atoms with Crippen molar-refractivity contribution in [2.75, 3.05) is 38.5 Å². The Morgan fingerprint density at radius 1 is 1.18 bits per heavy atom. The molecule has 0 bridgehead atoms. The molecule has 1 aliphatic carbocycles. The molecule has 1 aromatic carbocycles. The summed E-state index contributed by atoms with van der Waals surface area (Å²) in [6.45, 7) is 9.94.